The summed E-state index contributed by atoms with van der Waals surface area (Å²) in [4.78, 5) is 40.2. The van der Waals surface area contributed by atoms with Gasteiger partial charge in [-0.05, 0) is 56.4 Å². The van der Waals surface area contributed by atoms with Gasteiger partial charge in [0.15, 0.2) is 0 Å². The van der Waals surface area contributed by atoms with Gasteiger partial charge in [-0.25, -0.2) is 4.79 Å². The lowest BCUT2D eigenvalue weighted by Crippen LogP contribution is -2.54. The summed E-state index contributed by atoms with van der Waals surface area (Å²) < 4.78 is 3.18. The highest BCUT2D eigenvalue weighted by atomic mass is 16.2. The molecule has 35 heavy (non-hydrogen) atoms. The van der Waals surface area contributed by atoms with Gasteiger partial charge in [-0.2, -0.15) is 0 Å². The summed E-state index contributed by atoms with van der Waals surface area (Å²) in [7, 11) is 3.47. The second-order valence-electron chi connectivity index (χ2n) is 10.2. The minimum absolute atomic E-state index is 0.0943. The molecule has 0 aliphatic carbocycles. The minimum Gasteiger partial charge on any atom is -0.349 e. The number of likely N-dealkylation sites (tertiary alicyclic amines) is 1. The van der Waals surface area contributed by atoms with Crippen LogP contribution in [-0.4, -0.2) is 50.0 Å². The van der Waals surface area contributed by atoms with Gasteiger partial charge in [-0.1, -0.05) is 30.3 Å². The summed E-state index contributed by atoms with van der Waals surface area (Å²) in [5, 5.41) is 6.31. The maximum absolute atomic E-state index is 13.3. The predicted molar refractivity (Wildman–Crippen MR) is 136 cm³/mol. The molecule has 0 unspecified atom stereocenters. The van der Waals surface area contributed by atoms with Crippen LogP contribution in [0.25, 0.3) is 11.0 Å². The van der Waals surface area contributed by atoms with Crippen molar-refractivity contribution in [3.8, 4) is 0 Å². The van der Waals surface area contributed by atoms with Crippen molar-refractivity contribution in [1.29, 1.82) is 0 Å². The number of nitrogens with one attached hydrogen (secondary N) is 2. The second-order valence-corrected chi connectivity index (χ2v) is 10.2. The Kier molecular flexibility index (Phi) is 6.01. The topological polar surface area (TPSA) is 88.4 Å². The van der Waals surface area contributed by atoms with Gasteiger partial charge in [-0.15, -0.1) is 0 Å². The number of benzene rings is 2. The zero-order valence-corrected chi connectivity index (χ0v) is 20.6. The van der Waals surface area contributed by atoms with Gasteiger partial charge in [0, 0.05) is 38.3 Å². The molecule has 184 valence electrons. The molecule has 8 heteroatoms. The van der Waals surface area contributed by atoms with E-state index in [0.29, 0.717) is 12.1 Å². The first-order valence-electron chi connectivity index (χ1n) is 12.3. The molecule has 1 aromatic heterocycles. The largest absolute Gasteiger partial charge is 0.349 e. The summed E-state index contributed by atoms with van der Waals surface area (Å²) in [5.74, 6) is 0.00436. The lowest BCUT2D eigenvalue weighted by atomic mass is 9.89. The maximum Gasteiger partial charge on any atom is 0.328 e. The van der Waals surface area contributed by atoms with Crippen LogP contribution in [0.5, 0.6) is 0 Å². The average Bonchev–Trinajstić information content (AvgIpc) is 3.11. The van der Waals surface area contributed by atoms with Crippen LogP contribution < -0.4 is 16.3 Å². The van der Waals surface area contributed by atoms with E-state index in [9.17, 15) is 14.4 Å². The predicted octanol–water partition coefficient (Wildman–Crippen LogP) is 2.56. The van der Waals surface area contributed by atoms with Crippen molar-refractivity contribution in [2.75, 3.05) is 11.9 Å². The zero-order chi connectivity index (χ0) is 24.7. The minimum atomic E-state index is -0.353. The number of hydrogen-bond donors (Lipinski definition) is 2. The molecule has 2 N–H and O–H groups in total. The van der Waals surface area contributed by atoms with Gasteiger partial charge in [-0.3, -0.25) is 23.6 Å². The number of aromatic nitrogens is 2. The molecule has 2 saturated heterocycles. The van der Waals surface area contributed by atoms with Crippen molar-refractivity contribution < 1.29 is 9.59 Å². The highest BCUT2D eigenvalue weighted by Gasteiger charge is 2.50. The average molecular weight is 476 g/mol. The van der Waals surface area contributed by atoms with Crippen LogP contribution in [0.1, 0.15) is 38.2 Å². The first kappa shape index (κ1) is 23.4. The molecule has 0 bridgehead atoms. The van der Waals surface area contributed by atoms with Crippen LogP contribution in [0.4, 0.5) is 5.69 Å². The highest BCUT2D eigenvalue weighted by molar-refractivity contribution is 5.94. The summed E-state index contributed by atoms with van der Waals surface area (Å²) in [5.41, 5.74) is 3.04. The number of amides is 2. The molecule has 3 heterocycles. The highest BCUT2D eigenvalue weighted by Crippen LogP contribution is 2.39. The molecule has 5 rings (SSSR count). The van der Waals surface area contributed by atoms with E-state index in [0.717, 1.165) is 36.7 Å². The van der Waals surface area contributed by atoms with Crippen molar-refractivity contribution in [2.24, 2.45) is 14.1 Å². The van der Waals surface area contributed by atoms with Gasteiger partial charge in [0.25, 0.3) is 0 Å². The third-order valence-electron chi connectivity index (χ3n) is 7.77. The summed E-state index contributed by atoms with van der Waals surface area (Å²) >= 11 is 0. The molecule has 2 amide bonds. The molecule has 2 aliphatic rings. The van der Waals surface area contributed by atoms with E-state index < -0.39 is 0 Å². The fourth-order valence-corrected chi connectivity index (χ4v) is 6.08. The van der Waals surface area contributed by atoms with E-state index in [-0.39, 0.29) is 41.7 Å². The van der Waals surface area contributed by atoms with E-state index in [4.69, 9.17) is 0 Å². The molecular formula is C27H33N5O3. The first-order valence-corrected chi connectivity index (χ1v) is 12.3. The molecule has 8 nitrogen and oxygen atoms in total. The fourth-order valence-electron chi connectivity index (χ4n) is 6.08. The fraction of sp³-hybridized carbons (Fsp3) is 0.444. The molecule has 2 aromatic carbocycles. The van der Waals surface area contributed by atoms with Crippen LogP contribution in [0.2, 0.25) is 0 Å². The Morgan fingerprint density at radius 3 is 2.60 bits per heavy atom. The Labute approximate surface area is 204 Å². The first-order chi connectivity index (χ1) is 16.7. The van der Waals surface area contributed by atoms with E-state index >= 15 is 0 Å². The smallest absolute Gasteiger partial charge is 0.328 e. The number of carbonyl (C=O) groups excluding carboxylic acids is 2. The van der Waals surface area contributed by atoms with Crippen LogP contribution in [0.3, 0.4) is 0 Å². The summed E-state index contributed by atoms with van der Waals surface area (Å²) in [6, 6.07) is 16.1. The summed E-state index contributed by atoms with van der Waals surface area (Å²) in [6.07, 6.45) is 3.87. The van der Waals surface area contributed by atoms with Crippen LogP contribution in [0, 0.1) is 0 Å². The van der Waals surface area contributed by atoms with E-state index in [1.54, 1.807) is 23.2 Å². The standard InChI is InChI=1S/C27H33N5O3/c1-27-16-20(14-18-8-5-4-6-9-18)32(23(27)10-7-11-24(33)29-27)17-25(34)28-19-12-13-21-22(15-19)31(3)26(35)30(21)2/h4-6,8-9,12-13,15,20,23H,7,10-11,14,16-17H2,1-3H3,(H,28,34)(H,29,33)/t20-,23+,27+/m1/s1. The monoisotopic (exact) mass is 475 g/mol. The third-order valence-corrected chi connectivity index (χ3v) is 7.77. The summed E-state index contributed by atoms with van der Waals surface area (Å²) in [6.45, 7) is 2.38. The lowest BCUT2D eigenvalue weighted by Gasteiger charge is -2.34. The van der Waals surface area contributed by atoms with Crippen molar-refractivity contribution in [3.63, 3.8) is 0 Å². The third kappa shape index (κ3) is 4.38. The Morgan fingerprint density at radius 2 is 1.83 bits per heavy atom. The zero-order valence-electron chi connectivity index (χ0n) is 20.6. The number of anilines is 1. The SMILES string of the molecule is Cn1c(=O)n(C)c2cc(NC(=O)CN3[C@H](Cc4ccccc4)C[C@]4(C)NC(=O)CCC[C@H]34)ccc21. The molecule has 0 spiro atoms. The number of hydrogen-bond acceptors (Lipinski definition) is 4. The van der Waals surface area contributed by atoms with Crippen molar-refractivity contribution in [2.45, 2.75) is 56.7 Å². The Balaban J connectivity index is 1.38. The molecule has 0 saturated carbocycles. The van der Waals surface area contributed by atoms with Crippen molar-refractivity contribution in [1.82, 2.24) is 19.4 Å². The van der Waals surface area contributed by atoms with Gasteiger partial charge >= 0.3 is 5.69 Å². The second kappa shape index (κ2) is 9.00. The van der Waals surface area contributed by atoms with Crippen molar-refractivity contribution in [3.05, 3.63) is 64.6 Å². The van der Waals surface area contributed by atoms with Gasteiger partial charge in [0.1, 0.15) is 0 Å². The molecule has 3 atom stereocenters. The number of carbonyl (C=O) groups is 2. The maximum atomic E-state index is 13.3. The van der Waals surface area contributed by atoms with E-state index in [1.807, 2.05) is 36.4 Å². The molecule has 2 aliphatic heterocycles. The number of nitrogens with zero attached hydrogens (tertiary/aromatic N) is 3. The Morgan fingerprint density at radius 1 is 1.09 bits per heavy atom. The van der Waals surface area contributed by atoms with Gasteiger partial charge < -0.3 is 10.6 Å². The molecule has 2 fully saturated rings. The Bertz CT molecular complexity index is 1330. The molecule has 0 radical (unpaired) electrons. The lowest BCUT2D eigenvalue weighted by molar-refractivity contribution is -0.122. The number of aryl methyl sites for hydroxylation is 2. The van der Waals surface area contributed by atoms with E-state index in [1.165, 1.54) is 5.56 Å². The number of imidazole rings is 1. The van der Waals surface area contributed by atoms with Crippen LogP contribution in [-0.2, 0) is 30.1 Å². The van der Waals surface area contributed by atoms with Crippen LogP contribution in [0.15, 0.2) is 53.3 Å². The Hall–Kier alpha value is -3.39. The number of rotatable bonds is 5. The van der Waals surface area contributed by atoms with Gasteiger partial charge in [0.2, 0.25) is 11.8 Å². The van der Waals surface area contributed by atoms with Gasteiger partial charge in [0.05, 0.1) is 23.1 Å². The van der Waals surface area contributed by atoms with E-state index in [2.05, 4.69) is 34.6 Å². The van der Waals surface area contributed by atoms with Crippen LogP contribution >= 0.6 is 0 Å². The quantitative estimate of drug-likeness (QED) is 0.594. The molecular weight excluding hydrogens is 442 g/mol. The number of fused-ring (bicyclic) bond motifs is 2. The van der Waals surface area contributed by atoms with Crippen molar-refractivity contribution >= 4 is 28.5 Å². The molecule has 3 aromatic rings. The normalized spacial score (nSPS) is 24.7.